The maximum Gasteiger partial charge on any atom is 0.337 e. The van der Waals surface area contributed by atoms with Crippen LogP contribution in [0, 0.1) is 11.3 Å². The van der Waals surface area contributed by atoms with E-state index in [2.05, 4.69) is 10.5 Å². The zero-order valence-corrected chi connectivity index (χ0v) is 7.14. The Morgan fingerprint density at radius 1 is 1.57 bits per heavy atom. The highest BCUT2D eigenvalue weighted by Crippen LogP contribution is 2.14. The zero-order chi connectivity index (χ0) is 10.4. The molecule has 0 bridgehead atoms. The Morgan fingerprint density at radius 2 is 2.29 bits per heavy atom. The van der Waals surface area contributed by atoms with E-state index in [0.29, 0.717) is 5.69 Å². The first-order valence-electron chi connectivity index (χ1n) is 3.75. The summed E-state index contributed by atoms with van der Waals surface area (Å²) in [5.41, 5.74) is 2.93. The standard InChI is InChI=1S/C9H7N3O2/c10-5-6-11-12-8-4-2-1-3-7(8)9(13)14/h1-4,6,12H,(H,13,14)/b11-6+. The molecule has 14 heavy (non-hydrogen) atoms. The molecule has 0 unspecified atom stereocenters. The number of nitrogens with zero attached hydrogens (tertiary/aromatic N) is 2. The van der Waals surface area contributed by atoms with E-state index >= 15 is 0 Å². The number of rotatable bonds is 3. The van der Waals surface area contributed by atoms with Gasteiger partial charge >= 0.3 is 5.97 Å². The number of benzene rings is 1. The normalized spacial score (nSPS) is 9.64. The van der Waals surface area contributed by atoms with E-state index < -0.39 is 5.97 Å². The van der Waals surface area contributed by atoms with Gasteiger partial charge in [0.1, 0.15) is 12.3 Å². The number of nitrogens with one attached hydrogen (secondary N) is 1. The molecule has 2 N–H and O–H groups in total. The predicted octanol–water partition coefficient (Wildman–Crippen LogP) is 1.31. The van der Waals surface area contributed by atoms with Gasteiger partial charge in [-0.05, 0) is 12.1 Å². The van der Waals surface area contributed by atoms with Gasteiger partial charge in [-0.1, -0.05) is 12.1 Å². The Balaban J connectivity index is 2.91. The Bertz CT molecular complexity index is 407. The summed E-state index contributed by atoms with van der Waals surface area (Å²) in [6, 6.07) is 7.99. The first-order chi connectivity index (χ1) is 6.75. The number of carbonyl (C=O) groups is 1. The molecule has 1 aromatic carbocycles. The molecule has 5 heteroatoms. The topological polar surface area (TPSA) is 85.5 Å². The lowest BCUT2D eigenvalue weighted by molar-refractivity contribution is 0.0698. The Morgan fingerprint density at radius 3 is 2.93 bits per heavy atom. The van der Waals surface area contributed by atoms with Crippen LogP contribution < -0.4 is 5.43 Å². The van der Waals surface area contributed by atoms with Crippen LogP contribution in [0.1, 0.15) is 10.4 Å². The van der Waals surface area contributed by atoms with Crippen molar-refractivity contribution in [2.75, 3.05) is 5.43 Å². The predicted molar refractivity (Wildman–Crippen MR) is 51.1 cm³/mol. The highest BCUT2D eigenvalue weighted by Gasteiger charge is 2.07. The first-order valence-corrected chi connectivity index (χ1v) is 3.75. The van der Waals surface area contributed by atoms with Gasteiger partial charge in [-0.25, -0.2) is 4.79 Å². The lowest BCUT2D eigenvalue weighted by Gasteiger charge is -2.02. The monoisotopic (exact) mass is 189 g/mol. The molecule has 0 spiro atoms. The average Bonchev–Trinajstić information content (AvgIpc) is 2.19. The molecule has 70 valence electrons. The van der Waals surface area contributed by atoms with Crippen molar-refractivity contribution in [3.8, 4) is 6.07 Å². The van der Waals surface area contributed by atoms with Crippen LogP contribution >= 0.6 is 0 Å². The highest BCUT2D eigenvalue weighted by molar-refractivity contribution is 5.94. The lowest BCUT2D eigenvalue weighted by Crippen LogP contribution is -2.01. The summed E-state index contributed by atoms with van der Waals surface area (Å²) >= 11 is 0. The van der Waals surface area contributed by atoms with Crippen LogP contribution in [0.25, 0.3) is 0 Å². The Kier molecular flexibility index (Phi) is 3.21. The van der Waals surface area contributed by atoms with E-state index in [1.807, 2.05) is 0 Å². The molecule has 1 aromatic rings. The van der Waals surface area contributed by atoms with E-state index in [1.54, 1.807) is 24.3 Å². The fourth-order valence-electron chi connectivity index (χ4n) is 0.898. The summed E-state index contributed by atoms with van der Waals surface area (Å²) < 4.78 is 0. The molecule has 5 nitrogen and oxygen atoms in total. The van der Waals surface area contributed by atoms with Crippen LogP contribution in [0.4, 0.5) is 5.69 Å². The maximum atomic E-state index is 10.7. The summed E-state index contributed by atoms with van der Waals surface area (Å²) in [6.07, 6.45) is 0.985. The van der Waals surface area contributed by atoms with Crippen LogP contribution in [-0.4, -0.2) is 17.3 Å². The van der Waals surface area contributed by atoms with Gasteiger partial charge < -0.3 is 5.11 Å². The molecular weight excluding hydrogens is 182 g/mol. The summed E-state index contributed by atoms with van der Waals surface area (Å²) in [7, 11) is 0. The van der Waals surface area contributed by atoms with Gasteiger partial charge in [0.05, 0.1) is 11.3 Å². The minimum Gasteiger partial charge on any atom is -0.478 e. The number of aromatic carboxylic acids is 1. The lowest BCUT2D eigenvalue weighted by atomic mass is 10.2. The van der Waals surface area contributed by atoms with Gasteiger partial charge in [0.25, 0.3) is 0 Å². The number of hydrogen-bond acceptors (Lipinski definition) is 4. The van der Waals surface area contributed by atoms with Gasteiger partial charge in [-0.3, -0.25) is 5.43 Å². The van der Waals surface area contributed by atoms with Crippen molar-refractivity contribution in [3.05, 3.63) is 29.8 Å². The summed E-state index contributed by atoms with van der Waals surface area (Å²) in [4.78, 5) is 10.7. The third-order valence-electron chi connectivity index (χ3n) is 1.46. The summed E-state index contributed by atoms with van der Waals surface area (Å²) in [5, 5.41) is 20.4. The van der Waals surface area contributed by atoms with Crippen LogP contribution in [0.2, 0.25) is 0 Å². The molecule has 0 aliphatic heterocycles. The molecule has 0 saturated heterocycles. The number of hydrogen-bond donors (Lipinski definition) is 2. The molecule has 0 heterocycles. The molecule has 0 saturated carbocycles. The zero-order valence-electron chi connectivity index (χ0n) is 7.14. The Labute approximate surface area is 80.3 Å². The molecule has 0 amide bonds. The largest absolute Gasteiger partial charge is 0.478 e. The van der Waals surface area contributed by atoms with Gasteiger partial charge in [0, 0.05) is 0 Å². The fraction of sp³-hybridized carbons (Fsp3) is 0. The first kappa shape index (κ1) is 9.74. The number of carboxylic acid groups (broad SMARTS) is 1. The molecular formula is C9H7N3O2. The van der Waals surface area contributed by atoms with Crippen molar-refractivity contribution >= 4 is 17.9 Å². The Hall–Kier alpha value is -2.35. The van der Waals surface area contributed by atoms with E-state index in [9.17, 15) is 4.79 Å². The molecule has 0 aliphatic carbocycles. The second kappa shape index (κ2) is 4.62. The van der Waals surface area contributed by atoms with Crippen molar-refractivity contribution in [2.24, 2.45) is 5.10 Å². The molecule has 0 aliphatic rings. The molecule has 0 aromatic heterocycles. The highest BCUT2D eigenvalue weighted by atomic mass is 16.4. The number of anilines is 1. The van der Waals surface area contributed by atoms with Gasteiger partial charge in [0.2, 0.25) is 0 Å². The third kappa shape index (κ3) is 2.32. The van der Waals surface area contributed by atoms with Crippen LogP contribution in [0.5, 0.6) is 0 Å². The third-order valence-corrected chi connectivity index (χ3v) is 1.46. The smallest absolute Gasteiger partial charge is 0.337 e. The molecule has 0 radical (unpaired) electrons. The second-order valence-electron chi connectivity index (χ2n) is 2.35. The second-order valence-corrected chi connectivity index (χ2v) is 2.35. The quantitative estimate of drug-likeness (QED) is 0.554. The molecule has 0 fully saturated rings. The number of nitriles is 1. The van der Waals surface area contributed by atoms with Gasteiger partial charge in [-0.2, -0.15) is 10.4 Å². The van der Waals surface area contributed by atoms with E-state index in [1.165, 1.54) is 6.07 Å². The number of hydrazone groups is 1. The van der Waals surface area contributed by atoms with Gasteiger partial charge in [0.15, 0.2) is 0 Å². The minimum absolute atomic E-state index is 0.114. The SMILES string of the molecule is N#C/C=N/Nc1ccccc1C(=O)O. The summed E-state index contributed by atoms with van der Waals surface area (Å²) in [5.74, 6) is -1.04. The van der Waals surface area contributed by atoms with Crippen molar-refractivity contribution in [1.82, 2.24) is 0 Å². The van der Waals surface area contributed by atoms with Crippen molar-refractivity contribution in [3.63, 3.8) is 0 Å². The fourth-order valence-corrected chi connectivity index (χ4v) is 0.898. The van der Waals surface area contributed by atoms with E-state index in [0.717, 1.165) is 6.21 Å². The molecule has 1 rings (SSSR count). The molecule has 0 atom stereocenters. The maximum absolute atomic E-state index is 10.7. The minimum atomic E-state index is -1.04. The van der Waals surface area contributed by atoms with Gasteiger partial charge in [-0.15, -0.1) is 0 Å². The van der Waals surface area contributed by atoms with Crippen molar-refractivity contribution in [2.45, 2.75) is 0 Å². The van der Waals surface area contributed by atoms with Crippen LogP contribution in [0.3, 0.4) is 0 Å². The van der Waals surface area contributed by atoms with Crippen molar-refractivity contribution in [1.29, 1.82) is 5.26 Å². The van der Waals surface area contributed by atoms with E-state index in [4.69, 9.17) is 10.4 Å². The average molecular weight is 189 g/mol. The van der Waals surface area contributed by atoms with Crippen LogP contribution in [-0.2, 0) is 0 Å². The number of carboxylic acids is 1. The number of para-hydroxylation sites is 1. The van der Waals surface area contributed by atoms with Crippen molar-refractivity contribution < 1.29 is 9.90 Å². The summed E-state index contributed by atoms with van der Waals surface area (Å²) in [6.45, 7) is 0. The van der Waals surface area contributed by atoms with E-state index in [-0.39, 0.29) is 5.56 Å². The van der Waals surface area contributed by atoms with Crippen LogP contribution in [0.15, 0.2) is 29.4 Å².